The predicted octanol–water partition coefficient (Wildman–Crippen LogP) is 7.95. The van der Waals surface area contributed by atoms with Crippen LogP contribution >= 0.6 is 0 Å². The highest BCUT2D eigenvalue weighted by atomic mass is 16.6. The van der Waals surface area contributed by atoms with Gasteiger partial charge in [-0.05, 0) is 60.7 Å². The first-order valence-electron chi connectivity index (χ1n) is 13.4. The fourth-order valence-electron chi connectivity index (χ4n) is 4.05. The highest BCUT2D eigenvalue weighted by molar-refractivity contribution is 5.90. The summed E-state index contributed by atoms with van der Waals surface area (Å²) in [6.07, 6.45) is 7.51. The lowest BCUT2D eigenvalue weighted by Gasteiger charge is -2.09. The minimum absolute atomic E-state index is 0.242. The summed E-state index contributed by atoms with van der Waals surface area (Å²) < 4.78 is 16.9. The van der Waals surface area contributed by atoms with Crippen molar-refractivity contribution in [2.75, 3.05) is 13.2 Å². The molecule has 5 heteroatoms. The van der Waals surface area contributed by atoms with Crippen molar-refractivity contribution in [2.45, 2.75) is 71.5 Å². The maximum Gasteiger partial charge on any atom is 0.339 e. The summed E-state index contributed by atoms with van der Waals surface area (Å²) in [6, 6.07) is 23.8. The number of unbranched alkanes of at least 4 members (excludes halogenated alkanes) is 3. The van der Waals surface area contributed by atoms with Crippen LogP contribution in [-0.2, 0) is 4.74 Å². The van der Waals surface area contributed by atoms with Gasteiger partial charge < -0.3 is 19.3 Å². The van der Waals surface area contributed by atoms with Gasteiger partial charge in [0, 0.05) is 0 Å². The second kappa shape index (κ2) is 15.1. The third kappa shape index (κ3) is 9.58. The first kappa shape index (κ1) is 28.3. The van der Waals surface area contributed by atoms with Crippen LogP contribution < -0.4 is 9.47 Å². The van der Waals surface area contributed by atoms with Crippen LogP contribution in [-0.4, -0.2) is 36.5 Å². The van der Waals surface area contributed by atoms with Crippen molar-refractivity contribution in [3.8, 4) is 22.6 Å². The number of ether oxygens (including phenoxy) is 3. The molecule has 0 aromatic heterocycles. The maximum absolute atomic E-state index is 11.0. The lowest BCUT2D eigenvalue weighted by molar-refractivity contribution is 0.0692. The van der Waals surface area contributed by atoms with E-state index >= 15 is 0 Å². The lowest BCUT2D eigenvalue weighted by Crippen LogP contribution is -2.07. The van der Waals surface area contributed by atoms with Crippen molar-refractivity contribution >= 4 is 5.97 Å². The minimum Gasteiger partial charge on any atom is -0.493 e. The molecule has 0 aliphatic carbocycles. The van der Waals surface area contributed by atoms with Gasteiger partial charge in [0.2, 0.25) is 0 Å². The molecule has 0 saturated carbocycles. The number of carboxylic acids is 1. The fraction of sp³-hybridized carbons (Fsp3) is 0.406. The van der Waals surface area contributed by atoms with Crippen molar-refractivity contribution in [2.24, 2.45) is 0 Å². The molecule has 0 spiro atoms. The number of hydrogen-bond donors (Lipinski definition) is 1. The zero-order valence-corrected chi connectivity index (χ0v) is 22.3. The van der Waals surface area contributed by atoms with Crippen molar-refractivity contribution < 1.29 is 24.1 Å². The summed E-state index contributed by atoms with van der Waals surface area (Å²) in [6.45, 7) is 7.51. The van der Waals surface area contributed by atoms with Crippen LogP contribution in [0.1, 0.15) is 68.3 Å². The SMILES string of the molecule is CCCCCCOc1cc(C)ccc1C(=O)O.CCC[C@H]1O[C@@H]1COc1ccc(-c2ccccc2)cc1. The van der Waals surface area contributed by atoms with E-state index in [0.717, 1.165) is 30.6 Å². The summed E-state index contributed by atoms with van der Waals surface area (Å²) in [5, 5.41) is 9.02. The van der Waals surface area contributed by atoms with Gasteiger partial charge in [0.25, 0.3) is 0 Å². The van der Waals surface area contributed by atoms with Gasteiger partial charge in [0.1, 0.15) is 29.8 Å². The summed E-state index contributed by atoms with van der Waals surface area (Å²) in [7, 11) is 0. The van der Waals surface area contributed by atoms with Crippen LogP contribution in [0.4, 0.5) is 0 Å². The summed E-state index contributed by atoms with van der Waals surface area (Å²) >= 11 is 0. The summed E-state index contributed by atoms with van der Waals surface area (Å²) in [5.41, 5.74) is 3.70. The molecular formula is C32H40O5. The van der Waals surface area contributed by atoms with Crippen molar-refractivity contribution in [1.82, 2.24) is 0 Å². The maximum atomic E-state index is 11.0. The van der Waals surface area contributed by atoms with E-state index in [1.54, 1.807) is 18.2 Å². The number of aryl methyl sites for hydroxylation is 1. The van der Waals surface area contributed by atoms with Gasteiger partial charge in [0.05, 0.1) is 12.7 Å². The van der Waals surface area contributed by atoms with Gasteiger partial charge in [-0.15, -0.1) is 0 Å². The number of carboxylic acid groups (broad SMARTS) is 1. The van der Waals surface area contributed by atoms with Crippen LogP contribution in [0.25, 0.3) is 11.1 Å². The first-order valence-corrected chi connectivity index (χ1v) is 13.4. The van der Waals surface area contributed by atoms with Crippen molar-refractivity contribution in [3.05, 3.63) is 83.9 Å². The Labute approximate surface area is 221 Å². The van der Waals surface area contributed by atoms with Crippen molar-refractivity contribution in [3.63, 3.8) is 0 Å². The molecule has 0 amide bonds. The van der Waals surface area contributed by atoms with Gasteiger partial charge >= 0.3 is 5.97 Å². The number of benzene rings is 3. The Morgan fingerprint density at radius 1 is 0.838 bits per heavy atom. The van der Waals surface area contributed by atoms with E-state index in [-0.39, 0.29) is 5.56 Å². The third-order valence-electron chi connectivity index (χ3n) is 6.26. The highest BCUT2D eigenvalue weighted by Crippen LogP contribution is 2.28. The average Bonchev–Trinajstić information content (AvgIpc) is 3.66. The Morgan fingerprint density at radius 3 is 2.24 bits per heavy atom. The van der Waals surface area contributed by atoms with Crippen LogP contribution in [0.3, 0.4) is 0 Å². The Hall–Kier alpha value is -3.31. The zero-order chi connectivity index (χ0) is 26.5. The first-order chi connectivity index (χ1) is 18.0. The number of hydrogen-bond acceptors (Lipinski definition) is 4. The minimum atomic E-state index is -0.937. The van der Waals surface area contributed by atoms with E-state index in [1.807, 2.05) is 25.1 Å². The monoisotopic (exact) mass is 504 g/mol. The average molecular weight is 505 g/mol. The molecule has 0 radical (unpaired) electrons. The fourth-order valence-corrected chi connectivity index (χ4v) is 4.05. The Balaban J connectivity index is 0.000000209. The molecule has 198 valence electrons. The molecule has 4 rings (SSSR count). The number of rotatable bonds is 13. The van der Waals surface area contributed by atoms with Gasteiger partial charge in [-0.3, -0.25) is 0 Å². The van der Waals surface area contributed by atoms with E-state index in [0.29, 0.717) is 31.2 Å². The number of aromatic carboxylic acids is 1. The van der Waals surface area contributed by atoms with Crippen LogP contribution in [0, 0.1) is 6.92 Å². The van der Waals surface area contributed by atoms with Gasteiger partial charge in [-0.2, -0.15) is 0 Å². The van der Waals surface area contributed by atoms with Gasteiger partial charge in [-0.1, -0.05) is 88.1 Å². The Kier molecular flexibility index (Phi) is 11.5. The molecule has 1 aliphatic rings. The quantitative estimate of drug-likeness (QED) is 0.189. The molecule has 1 heterocycles. The van der Waals surface area contributed by atoms with E-state index in [4.69, 9.17) is 19.3 Å². The normalized spacial score (nSPS) is 15.9. The van der Waals surface area contributed by atoms with E-state index in [9.17, 15) is 4.79 Å². The van der Waals surface area contributed by atoms with E-state index < -0.39 is 5.97 Å². The van der Waals surface area contributed by atoms with Crippen LogP contribution in [0.15, 0.2) is 72.8 Å². The zero-order valence-electron chi connectivity index (χ0n) is 22.3. The summed E-state index contributed by atoms with van der Waals surface area (Å²) in [5.74, 6) is 0.456. The molecule has 3 aromatic rings. The molecule has 37 heavy (non-hydrogen) atoms. The van der Waals surface area contributed by atoms with Crippen LogP contribution in [0.5, 0.6) is 11.5 Å². The smallest absolute Gasteiger partial charge is 0.339 e. The third-order valence-corrected chi connectivity index (χ3v) is 6.26. The molecule has 2 atom stereocenters. The molecule has 1 N–H and O–H groups in total. The number of carbonyl (C=O) groups is 1. The van der Waals surface area contributed by atoms with E-state index in [1.165, 1.54) is 30.4 Å². The molecule has 0 unspecified atom stereocenters. The second-order valence-electron chi connectivity index (χ2n) is 9.42. The molecular weight excluding hydrogens is 464 g/mol. The lowest BCUT2D eigenvalue weighted by atomic mass is 10.1. The molecule has 0 bridgehead atoms. The summed E-state index contributed by atoms with van der Waals surface area (Å²) in [4.78, 5) is 11.0. The Bertz CT molecular complexity index is 1080. The largest absolute Gasteiger partial charge is 0.493 e. The van der Waals surface area contributed by atoms with E-state index in [2.05, 4.69) is 50.2 Å². The second-order valence-corrected chi connectivity index (χ2v) is 9.42. The molecule has 1 saturated heterocycles. The standard InChI is InChI=1S/C18H20O2.C14H20O3/c1-2-6-17-18(20-17)13-19-16-11-9-15(10-12-16)14-7-4-3-5-8-14;1-3-4-5-6-9-17-13-10-11(2)7-8-12(13)14(15)16/h3-5,7-12,17-18H,2,6,13H2,1H3;7-8,10H,3-6,9H2,1-2H3,(H,15,16)/t17-,18-;/m1./s1. The Morgan fingerprint density at radius 2 is 1.57 bits per heavy atom. The predicted molar refractivity (Wildman–Crippen MR) is 149 cm³/mol. The van der Waals surface area contributed by atoms with Crippen LogP contribution in [0.2, 0.25) is 0 Å². The van der Waals surface area contributed by atoms with Crippen molar-refractivity contribution in [1.29, 1.82) is 0 Å². The topological polar surface area (TPSA) is 68.3 Å². The molecule has 1 fully saturated rings. The van der Waals surface area contributed by atoms with Gasteiger partial charge in [-0.25, -0.2) is 4.79 Å². The molecule has 1 aliphatic heterocycles. The van der Waals surface area contributed by atoms with Gasteiger partial charge in [0.15, 0.2) is 0 Å². The highest BCUT2D eigenvalue weighted by Gasteiger charge is 2.38. The number of epoxide rings is 1. The molecule has 3 aromatic carbocycles. The molecule has 5 nitrogen and oxygen atoms in total.